The molecule has 1 N–H and O–H groups in total. The highest BCUT2D eigenvalue weighted by Crippen LogP contribution is 2.32. The van der Waals surface area contributed by atoms with Gasteiger partial charge in [-0.2, -0.15) is 15.2 Å². The van der Waals surface area contributed by atoms with Crippen LogP contribution in [0.1, 0.15) is 11.1 Å². The highest BCUT2D eigenvalue weighted by molar-refractivity contribution is 5.94. The maximum Gasteiger partial charge on any atom is 0.182 e. The molecule has 0 aliphatic rings. The summed E-state index contributed by atoms with van der Waals surface area (Å²) in [6.07, 6.45) is 8.26. The molecule has 0 radical (unpaired) electrons. The van der Waals surface area contributed by atoms with Gasteiger partial charge in [0.25, 0.3) is 0 Å². The lowest BCUT2D eigenvalue weighted by Gasteiger charge is -2.17. The number of halogens is 1. The number of oxazole rings is 1. The number of aromatic amines is 1. The third-order valence-corrected chi connectivity index (χ3v) is 5.26. The quantitative estimate of drug-likeness (QED) is 0.463. The van der Waals surface area contributed by atoms with E-state index >= 15 is 4.39 Å². The normalized spacial score (nSPS) is 11.4. The number of aryl methyl sites for hydroxylation is 2. The zero-order chi connectivity index (χ0) is 21.5. The predicted octanol–water partition coefficient (Wildman–Crippen LogP) is 4.10. The van der Waals surface area contributed by atoms with Crippen LogP contribution in [0, 0.1) is 12.7 Å². The molecule has 31 heavy (non-hydrogen) atoms. The van der Waals surface area contributed by atoms with E-state index in [1.165, 1.54) is 6.39 Å². The van der Waals surface area contributed by atoms with E-state index in [9.17, 15) is 0 Å². The highest BCUT2D eigenvalue weighted by atomic mass is 19.1. The van der Waals surface area contributed by atoms with Gasteiger partial charge in [0.05, 0.1) is 23.6 Å². The molecule has 5 rings (SSSR count). The van der Waals surface area contributed by atoms with Gasteiger partial charge in [0, 0.05) is 43.4 Å². The average molecular weight is 417 g/mol. The molecular weight excluding hydrogens is 397 g/mol. The molecule has 0 bridgehead atoms. The van der Waals surface area contributed by atoms with Crippen LogP contribution in [0.2, 0.25) is 0 Å². The molecule has 0 spiro atoms. The lowest BCUT2D eigenvalue weighted by Crippen LogP contribution is -2.17. The third kappa shape index (κ3) is 3.43. The van der Waals surface area contributed by atoms with Crippen molar-refractivity contribution in [1.29, 1.82) is 0 Å². The van der Waals surface area contributed by atoms with Crippen molar-refractivity contribution in [3.05, 3.63) is 66.4 Å². The summed E-state index contributed by atoms with van der Waals surface area (Å²) in [6.45, 7) is 2.39. The predicted molar refractivity (Wildman–Crippen MR) is 115 cm³/mol. The van der Waals surface area contributed by atoms with Crippen molar-refractivity contribution in [2.75, 3.05) is 11.9 Å². The lowest BCUT2D eigenvalue weighted by atomic mass is 9.99. The fraction of sp³-hybridized carbons (Fsp3) is 0.182. The lowest BCUT2D eigenvalue weighted by molar-refractivity contribution is 0.557. The summed E-state index contributed by atoms with van der Waals surface area (Å²) in [5.41, 5.74) is 5.11. The first-order chi connectivity index (χ1) is 15.0. The minimum atomic E-state index is -0.318. The number of aromatic nitrogens is 6. The Morgan fingerprint density at radius 2 is 2.06 bits per heavy atom. The molecular formula is C22H20FN7O. The summed E-state index contributed by atoms with van der Waals surface area (Å²) in [5.74, 6) is 0.374. The van der Waals surface area contributed by atoms with Gasteiger partial charge in [-0.1, -0.05) is 6.07 Å². The van der Waals surface area contributed by atoms with E-state index in [2.05, 4.69) is 25.3 Å². The standard InChI is InChI=1S/C22H20FN7O/c1-13-4-14(9-29(2)20-11-31-12-25-20)5-17(23)21(13)18-6-16-19(8-24-18)27-28-22(16)15-7-26-30(3)10-15/h4-8,10-12H,9H2,1-3H3,(H,27,28). The van der Waals surface area contributed by atoms with Gasteiger partial charge in [-0.3, -0.25) is 14.8 Å². The number of hydrogen-bond donors (Lipinski definition) is 1. The summed E-state index contributed by atoms with van der Waals surface area (Å²) in [4.78, 5) is 10.5. The molecule has 0 amide bonds. The highest BCUT2D eigenvalue weighted by Gasteiger charge is 2.17. The van der Waals surface area contributed by atoms with E-state index < -0.39 is 0 Å². The van der Waals surface area contributed by atoms with Crippen LogP contribution in [0.3, 0.4) is 0 Å². The number of fused-ring (bicyclic) bond motifs is 1. The van der Waals surface area contributed by atoms with Crippen molar-refractivity contribution >= 4 is 16.7 Å². The van der Waals surface area contributed by atoms with Gasteiger partial charge in [0.2, 0.25) is 0 Å². The Kier molecular flexibility index (Phi) is 4.50. The average Bonchev–Trinajstić information content (AvgIpc) is 3.48. The van der Waals surface area contributed by atoms with E-state index in [0.29, 0.717) is 23.6 Å². The van der Waals surface area contributed by atoms with E-state index in [1.54, 1.807) is 29.4 Å². The molecule has 9 heteroatoms. The topological polar surface area (TPSA) is 88.7 Å². The summed E-state index contributed by atoms with van der Waals surface area (Å²) in [5, 5.41) is 12.5. The van der Waals surface area contributed by atoms with Crippen molar-refractivity contribution in [1.82, 2.24) is 29.9 Å². The SMILES string of the molecule is Cc1cc(CN(C)c2cocn2)cc(F)c1-c1cc2c(-c3cnn(C)c3)n[nH]c2cn1. The van der Waals surface area contributed by atoms with Crippen molar-refractivity contribution in [2.24, 2.45) is 7.05 Å². The van der Waals surface area contributed by atoms with Gasteiger partial charge < -0.3 is 9.32 Å². The van der Waals surface area contributed by atoms with Crippen LogP contribution in [-0.4, -0.2) is 37.0 Å². The van der Waals surface area contributed by atoms with Crippen LogP contribution in [0.5, 0.6) is 0 Å². The van der Waals surface area contributed by atoms with Crippen LogP contribution >= 0.6 is 0 Å². The number of nitrogens with one attached hydrogen (secondary N) is 1. The Morgan fingerprint density at radius 3 is 2.77 bits per heavy atom. The fourth-order valence-corrected chi connectivity index (χ4v) is 3.80. The number of benzene rings is 1. The monoisotopic (exact) mass is 417 g/mol. The molecule has 0 saturated carbocycles. The van der Waals surface area contributed by atoms with Gasteiger partial charge in [-0.25, -0.2) is 4.39 Å². The van der Waals surface area contributed by atoms with Crippen molar-refractivity contribution in [3.8, 4) is 22.5 Å². The van der Waals surface area contributed by atoms with E-state index in [0.717, 1.165) is 33.3 Å². The van der Waals surface area contributed by atoms with E-state index in [-0.39, 0.29) is 5.82 Å². The Balaban J connectivity index is 1.52. The van der Waals surface area contributed by atoms with E-state index in [1.807, 2.05) is 44.2 Å². The first-order valence-electron chi connectivity index (χ1n) is 9.71. The molecule has 156 valence electrons. The zero-order valence-electron chi connectivity index (χ0n) is 17.3. The molecule has 1 aromatic carbocycles. The van der Waals surface area contributed by atoms with Gasteiger partial charge in [-0.15, -0.1) is 0 Å². The van der Waals surface area contributed by atoms with Crippen LogP contribution in [0.25, 0.3) is 33.4 Å². The second-order valence-corrected chi connectivity index (χ2v) is 7.56. The summed E-state index contributed by atoms with van der Waals surface area (Å²) >= 11 is 0. The minimum Gasteiger partial charge on any atom is -0.449 e. The first kappa shape index (κ1) is 19.0. The van der Waals surface area contributed by atoms with Crippen LogP contribution in [0.15, 0.2) is 53.9 Å². The number of pyridine rings is 1. The summed E-state index contributed by atoms with van der Waals surface area (Å²) < 4.78 is 22.0. The molecule has 0 atom stereocenters. The fourth-order valence-electron chi connectivity index (χ4n) is 3.80. The van der Waals surface area contributed by atoms with Crippen molar-refractivity contribution in [2.45, 2.75) is 13.5 Å². The Hall–Kier alpha value is -4.01. The largest absolute Gasteiger partial charge is 0.449 e. The van der Waals surface area contributed by atoms with Crippen molar-refractivity contribution < 1.29 is 8.81 Å². The van der Waals surface area contributed by atoms with Gasteiger partial charge in [0.1, 0.15) is 17.8 Å². The molecule has 0 aliphatic carbocycles. The number of nitrogens with zero attached hydrogens (tertiary/aromatic N) is 6. The molecule has 4 heterocycles. The second-order valence-electron chi connectivity index (χ2n) is 7.56. The van der Waals surface area contributed by atoms with Crippen LogP contribution in [0.4, 0.5) is 10.2 Å². The Bertz CT molecular complexity index is 1350. The molecule has 0 saturated heterocycles. The van der Waals surface area contributed by atoms with Crippen LogP contribution in [-0.2, 0) is 13.6 Å². The Labute approximate surface area is 177 Å². The van der Waals surface area contributed by atoms with Crippen molar-refractivity contribution in [3.63, 3.8) is 0 Å². The smallest absolute Gasteiger partial charge is 0.182 e. The second kappa shape index (κ2) is 7.35. The number of hydrogen-bond acceptors (Lipinski definition) is 6. The first-order valence-corrected chi connectivity index (χ1v) is 9.71. The van der Waals surface area contributed by atoms with Gasteiger partial charge in [-0.05, 0) is 30.2 Å². The number of rotatable bonds is 5. The molecule has 0 fully saturated rings. The maximum absolute atomic E-state index is 15.2. The molecule has 0 unspecified atom stereocenters. The minimum absolute atomic E-state index is 0.318. The maximum atomic E-state index is 15.2. The van der Waals surface area contributed by atoms with Gasteiger partial charge in [0.15, 0.2) is 12.2 Å². The summed E-state index contributed by atoms with van der Waals surface area (Å²) in [6, 6.07) is 5.38. The van der Waals surface area contributed by atoms with Crippen LogP contribution < -0.4 is 4.90 Å². The van der Waals surface area contributed by atoms with Gasteiger partial charge >= 0.3 is 0 Å². The van der Waals surface area contributed by atoms with E-state index in [4.69, 9.17) is 4.42 Å². The molecule has 8 nitrogen and oxygen atoms in total. The Morgan fingerprint density at radius 1 is 1.19 bits per heavy atom. The molecule has 0 aliphatic heterocycles. The number of anilines is 1. The number of H-pyrrole nitrogens is 1. The third-order valence-electron chi connectivity index (χ3n) is 5.26. The zero-order valence-corrected chi connectivity index (χ0v) is 17.3. The molecule has 5 aromatic rings. The molecule has 4 aromatic heterocycles. The summed E-state index contributed by atoms with van der Waals surface area (Å²) in [7, 11) is 3.74.